The summed E-state index contributed by atoms with van der Waals surface area (Å²) in [6, 6.07) is 145. The minimum Gasteiger partial charge on any atom is -0.305 e. The first kappa shape index (κ1) is 92.2. The van der Waals surface area contributed by atoms with Crippen molar-refractivity contribution in [2.75, 3.05) is 0 Å². The third kappa shape index (κ3) is 30.9. The zero-order chi connectivity index (χ0) is 78.1. The summed E-state index contributed by atoms with van der Waals surface area (Å²) in [6.45, 7) is 10.3. The molecule has 0 N–H and O–H groups in total. The van der Waals surface area contributed by atoms with Crippen LogP contribution in [0.1, 0.15) is 27.9 Å². The zero-order valence-corrected chi connectivity index (χ0v) is 74.7. The number of rotatable bonds is 10. The van der Waals surface area contributed by atoms with Gasteiger partial charge in [0.25, 0.3) is 0 Å². The number of benzene rings is 10. The molecule has 0 unspecified atom stereocenters. The first-order chi connectivity index (χ1) is 55.6. The van der Waals surface area contributed by atoms with E-state index in [0.717, 1.165) is 95.8 Å². The van der Waals surface area contributed by atoms with Crippen LogP contribution < -0.4 is 0 Å². The summed E-state index contributed by atoms with van der Waals surface area (Å²) in [5.74, 6) is 0. The molecule has 0 fully saturated rings. The molecule has 586 valence electrons. The summed E-state index contributed by atoms with van der Waals surface area (Å²) in [5.41, 5.74) is 26.9. The number of nitrogens with zero attached hydrogens (tertiary/aromatic N) is 8. The molecule has 0 atom stereocenters. The van der Waals surface area contributed by atoms with Gasteiger partial charge in [0.05, 0.1) is 0 Å². The average molecular weight is 2220 g/mol. The van der Waals surface area contributed by atoms with Crippen LogP contribution in [0.3, 0.4) is 0 Å². The molecule has 0 spiro atoms. The molecule has 0 amide bonds. The van der Waals surface area contributed by atoms with E-state index >= 15 is 0 Å². The Morgan fingerprint density at radius 3 is 0.906 bits per heavy atom. The van der Waals surface area contributed by atoms with Crippen molar-refractivity contribution in [1.29, 1.82) is 0 Å². The van der Waals surface area contributed by atoms with Gasteiger partial charge in [0.2, 0.25) is 0 Å². The molecule has 0 saturated heterocycles. The standard InChI is InChI=1S/2C18H14N.C13H12N.C12H10N.4C11H8N.4Ir/c1-14-13-19-18(16-10-6-3-7-11-16)12-17(14)15-8-4-2-5-9-15;1-14-12-17(15-8-4-2-5-9-15)13-18(19-14)16-10-6-3-7-11-16;1-10-4-3-5-12(8-10)13-9-11(2)6-7-14-13;1-10-5-7-11(8-6-10)12-4-2-3-9-13-12;4*1-2-6-10(7-3-1)11-8-4-5-9-12-11;;;;/h2*2-10,12-13H,1H3;3-4,6-9H,1-2H3;2-7,9H,1H3;4*1-6,8-9H;;;;/q8*-1;;;;. The van der Waals surface area contributed by atoms with E-state index in [0.29, 0.717) is 0 Å². The maximum Gasteiger partial charge on any atom is 0.0272 e. The van der Waals surface area contributed by atoms with Crippen LogP contribution in [0.2, 0.25) is 0 Å². The third-order valence-corrected chi connectivity index (χ3v) is 16.9. The van der Waals surface area contributed by atoms with Crippen LogP contribution in [-0.4, -0.2) is 39.9 Å². The van der Waals surface area contributed by atoms with Crippen molar-refractivity contribution in [3.8, 4) is 112 Å². The Labute approximate surface area is 744 Å². The second-order valence-corrected chi connectivity index (χ2v) is 25.5. The number of hydrogen-bond acceptors (Lipinski definition) is 8. The van der Waals surface area contributed by atoms with Gasteiger partial charge in [-0.3, -0.25) is 0 Å². The van der Waals surface area contributed by atoms with Gasteiger partial charge in [-0.15, -0.1) is 286 Å². The van der Waals surface area contributed by atoms with Crippen LogP contribution in [0.5, 0.6) is 0 Å². The van der Waals surface area contributed by atoms with E-state index in [4.69, 9.17) is 0 Å². The van der Waals surface area contributed by atoms with Crippen LogP contribution in [-0.2, 0) is 80.4 Å². The molecule has 8 nitrogen and oxygen atoms in total. The monoisotopic (exact) mass is 2230 g/mol. The molecule has 8 heterocycles. The van der Waals surface area contributed by atoms with E-state index in [1.54, 1.807) is 31.0 Å². The fraction of sp³-hybridized carbons (Fsp3) is 0.0476. The van der Waals surface area contributed by atoms with Crippen molar-refractivity contribution < 1.29 is 80.4 Å². The van der Waals surface area contributed by atoms with Gasteiger partial charge >= 0.3 is 0 Å². The fourth-order valence-electron chi connectivity index (χ4n) is 11.2. The number of pyridine rings is 8. The van der Waals surface area contributed by atoms with Crippen molar-refractivity contribution in [2.45, 2.75) is 34.6 Å². The normalized spacial score (nSPS) is 9.65. The molecule has 4 radical (unpaired) electrons. The van der Waals surface area contributed by atoms with Crippen LogP contribution in [0.25, 0.3) is 112 Å². The van der Waals surface area contributed by atoms with E-state index in [1.807, 2.05) is 298 Å². The maximum absolute atomic E-state index is 4.60. The molecule has 0 aliphatic heterocycles. The van der Waals surface area contributed by atoms with Crippen LogP contribution in [0.4, 0.5) is 0 Å². The van der Waals surface area contributed by atoms with Gasteiger partial charge in [-0.1, -0.05) is 159 Å². The third-order valence-electron chi connectivity index (χ3n) is 16.9. The van der Waals surface area contributed by atoms with E-state index in [-0.39, 0.29) is 80.4 Å². The molecule has 18 rings (SSSR count). The molecule has 0 bridgehead atoms. The summed E-state index contributed by atoms with van der Waals surface area (Å²) in [6.07, 6.45) is 12.7. The zero-order valence-electron chi connectivity index (χ0n) is 65.1. The summed E-state index contributed by atoms with van der Waals surface area (Å²) >= 11 is 0. The summed E-state index contributed by atoms with van der Waals surface area (Å²) in [4.78, 5) is 34.5. The topological polar surface area (TPSA) is 103 Å². The van der Waals surface area contributed by atoms with Crippen LogP contribution in [0, 0.1) is 83.1 Å². The molecule has 117 heavy (non-hydrogen) atoms. The van der Waals surface area contributed by atoms with Gasteiger partial charge in [-0.05, 0) is 137 Å². The Kier molecular flexibility index (Phi) is 40.8. The quantitative estimate of drug-likeness (QED) is 0.125. The molecule has 0 aliphatic carbocycles. The first-order valence-corrected chi connectivity index (χ1v) is 37.0. The van der Waals surface area contributed by atoms with Gasteiger partial charge in [-0.2, -0.15) is 0 Å². The second-order valence-electron chi connectivity index (χ2n) is 25.5. The Morgan fingerprint density at radius 1 is 0.205 bits per heavy atom. The molecule has 0 aliphatic rings. The predicted octanol–water partition coefficient (Wildman–Crippen LogP) is 25.3. The molecule has 0 saturated carbocycles. The van der Waals surface area contributed by atoms with E-state index in [9.17, 15) is 0 Å². The Bertz CT molecular complexity index is 5130. The van der Waals surface area contributed by atoms with E-state index in [1.165, 1.54) is 44.5 Å². The largest absolute Gasteiger partial charge is 0.305 e. The van der Waals surface area contributed by atoms with Gasteiger partial charge in [0.1, 0.15) is 0 Å². The Hall–Kier alpha value is -12.0. The second kappa shape index (κ2) is 51.8. The van der Waals surface area contributed by atoms with E-state index < -0.39 is 0 Å². The molecule has 18 aromatic rings. The van der Waals surface area contributed by atoms with Crippen LogP contribution >= 0.6 is 0 Å². The van der Waals surface area contributed by atoms with Gasteiger partial charge in [0.15, 0.2) is 0 Å². The first-order valence-electron chi connectivity index (χ1n) is 37.0. The smallest absolute Gasteiger partial charge is 0.0272 e. The molecular weight excluding hydrogens is 2140 g/mol. The minimum atomic E-state index is 0. The van der Waals surface area contributed by atoms with Gasteiger partial charge in [-0.25, -0.2) is 0 Å². The summed E-state index contributed by atoms with van der Waals surface area (Å²) in [7, 11) is 0. The minimum absolute atomic E-state index is 0. The molecule has 8 aromatic heterocycles. The molecule has 10 aromatic carbocycles. The number of aryl methyl sites for hydroxylation is 5. The van der Waals surface area contributed by atoms with Crippen molar-refractivity contribution in [3.63, 3.8) is 0 Å². The van der Waals surface area contributed by atoms with Crippen molar-refractivity contribution in [1.82, 2.24) is 39.9 Å². The average Bonchev–Trinajstić information content (AvgIpc) is 0.828. The van der Waals surface area contributed by atoms with Gasteiger partial charge < -0.3 is 39.9 Å². The molecular formula is C105H82Ir4N8-8. The van der Waals surface area contributed by atoms with Crippen LogP contribution in [0.15, 0.2) is 407 Å². The van der Waals surface area contributed by atoms with Crippen molar-refractivity contribution in [3.05, 3.63) is 484 Å². The summed E-state index contributed by atoms with van der Waals surface area (Å²) in [5, 5.41) is 0. The van der Waals surface area contributed by atoms with Crippen molar-refractivity contribution in [2.24, 2.45) is 0 Å². The Morgan fingerprint density at radius 2 is 0.547 bits per heavy atom. The van der Waals surface area contributed by atoms with Crippen molar-refractivity contribution >= 4 is 0 Å². The fourth-order valence-corrected chi connectivity index (χ4v) is 11.2. The predicted molar refractivity (Wildman–Crippen MR) is 463 cm³/mol. The number of aromatic nitrogens is 8. The molecule has 12 heteroatoms. The number of hydrogen-bond donors (Lipinski definition) is 0. The maximum atomic E-state index is 4.60. The Balaban J connectivity index is 0.000000185. The van der Waals surface area contributed by atoms with Gasteiger partial charge in [0, 0.05) is 129 Å². The SMILES string of the molecule is Cc1c[c-]c(-c2ccccn2)cc1.Cc1cc(-c2ccccc2)cc(-c2[c-]cccc2)n1.Cc1cc[c-]c(-c2cc(C)ccn2)c1.Cc1cnc(-c2[c-]cccc2)cc1-c1ccccc1.[Ir].[Ir].[Ir].[Ir].[c-]1ccccc1-c1ccccn1.[c-]1ccccc1-c1ccccn1.[c-]1ccccc1-c1ccccn1.[c-]1ccccc1-c1ccccn1. The van der Waals surface area contributed by atoms with E-state index in [2.05, 4.69) is 201 Å². The summed E-state index contributed by atoms with van der Waals surface area (Å²) < 4.78 is 0.